The van der Waals surface area contributed by atoms with Crippen molar-refractivity contribution in [2.75, 3.05) is 6.54 Å². The zero-order valence-corrected chi connectivity index (χ0v) is 9.36. The summed E-state index contributed by atoms with van der Waals surface area (Å²) >= 11 is 0. The van der Waals surface area contributed by atoms with Gasteiger partial charge in [-0.05, 0) is 6.42 Å². The summed E-state index contributed by atoms with van der Waals surface area (Å²) in [7, 11) is 0. The van der Waals surface area contributed by atoms with Crippen molar-refractivity contribution in [3.05, 3.63) is 11.3 Å². The average Bonchev–Trinajstić information content (AvgIpc) is 2.52. The van der Waals surface area contributed by atoms with Crippen LogP contribution in [0.15, 0.2) is 16.4 Å². The summed E-state index contributed by atoms with van der Waals surface area (Å²) in [6.07, 6.45) is 1.24. The first kappa shape index (κ1) is 12.2. The smallest absolute Gasteiger partial charge is 0.266 e. The molecule has 88 valence electrons. The lowest BCUT2D eigenvalue weighted by Crippen LogP contribution is -2.33. The minimum absolute atomic E-state index is 0.0690. The van der Waals surface area contributed by atoms with Gasteiger partial charge in [0, 0.05) is 6.92 Å². The van der Waals surface area contributed by atoms with Gasteiger partial charge in [0.25, 0.3) is 5.91 Å². The molecule has 0 aromatic rings. The zero-order valence-electron chi connectivity index (χ0n) is 9.36. The predicted molar refractivity (Wildman–Crippen MR) is 58.6 cm³/mol. The van der Waals surface area contributed by atoms with Crippen molar-refractivity contribution in [1.29, 1.82) is 0 Å². The Morgan fingerprint density at radius 1 is 1.62 bits per heavy atom. The van der Waals surface area contributed by atoms with Crippen LogP contribution in [-0.2, 0) is 9.59 Å². The number of imide groups is 1. The molecule has 6 heteroatoms. The third-order valence-electron chi connectivity index (χ3n) is 2.37. The molecule has 0 fully saturated rings. The molecule has 1 aliphatic rings. The van der Waals surface area contributed by atoms with Crippen LogP contribution in [0.4, 0.5) is 0 Å². The molecule has 2 amide bonds. The Balaban J connectivity index is 3.01. The highest BCUT2D eigenvalue weighted by Gasteiger charge is 2.35. The number of hydrazone groups is 1. The number of nitrogens with zero attached hydrogens (tertiary/aromatic N) is 2. The molecule has 0 unspecified atom stereocenters. The summed E-state index contributed by atoms with van der Waals surface area (Å²) in [5.41, 5.74) is 0.410. The highest BCUT2D eigenvalue weighted by Crippen LogP contribution is 2.20. The van der Waals surface area contributed by atoms with Crippen LogP contribution in [0.25, 0.3) is 0 Å². The summed E-state index contributed by atoms with van der Waals surface area (Å²) in [5.74, 6) is 4.10. The number of carbonyl (C=O) groups excluding carboxylic acids is 2. The normalized spacial score (nSPS) is 17.2. The average molecular weight is 225 g/mol. The van der Waals surface area contributed by atoms with E-state index in [-0.39, 0.29) is 17.9 Å². The largest absolute Gasteiger partial charge is 0.509 e. The Labute approximate surface area is 93.4 Å². The van der Waals surface area contributed by atoms with Crippen LogP contribution >= 0.6 is 0 Å². The molecule has 1 rings (SSSR count). The Bertz CT molecular complexity index is 385. The number of aliphatic hydroxyl groups is 1. The SMILES string of the molecule is CCC/C(=N/N)C1=C(O)CN(C(C)=O)C1=O. The van der Waals surface area contributed by atoms with E-state index in [1.807, 2.05) is 6.92 Å². The fourth-order valence-corrected chi connectivity index (χ4v) is 1.59. The second kappa shape index (κ2) is 4.78. The number of nitrogens with two attached hydrogens (primary N) is 1. The number of amides is 2. The second-order valence-electron chi connectivity index (χ2n) is 3.56. The maximum absolute atomic E-state index is 11.8. The number of carbonyl (C=O) groups is 2. The van der Waals surface area contributed by atoms with Crippen molar-refractivity contribution < 1.29 is 14.7 Å². The van der Waals surface area contributed by atoms with Crippen LogP contribution in [0.5, 0.6) is 0 Å². The molecule has 0 atom stereocenters. The molecule has 0 bridgehead atoms. The molecule has 0 aromatic carbocycles. The van der Waals surface area contributed by atoms with Crippen molar-refractivity contribution in [1.82, 2.24) is 4.90 Å². The monoisotopic (exact) mass is 225 g/mol. The first-order valence-corrected chi connectivity index (χ1v) is 5.04. The molecule has 0 radical (unpaired) electrons. The zero-order chi connectivity index (χ0) is 12.3. The van der Waals surface area contributed by atoms with E-state index < -0.39 is 11.8 Å². The summed E-state index contributed by atoms with van der Waals surface area (Å²) < 4.78 is 0. The van der Waals surface area contributed by atoms with Gasteiger partial charge in [0.1, 0.15) is 11.3 Å². The van der Waals surface area contributed by atoms with Gasteiger partial charge in [-0.2, -0.15) is 5.10 Å². The minimum atomic E-state index is -0.525. The Kier molecular flexibility index (Phi) is 3.65. The van der Waals surface area contributed by atoms with Gasteiger partial charge in [0.05, 0.1) is 12.3 Å². The van der Waals surface area contributed by atoms with Crippen LogP contribution in [0.2, 0.25) is 0 Å². The fraction of sp³-hybridized carbons (Fsp3) is 0.500. The quantitative estimate of drug-likeness (QED) is 0.410. The molecule has 0 aliphatic carbocycles. The number of rotatable bonds is 3. The maximum atomic E-state index is 11.8. The Morgan fingerprint density at radius 2 is 2.25 bits per heavy atom. The van der Waals surface area contributed by atoms with Gasteiger partial charge < -0.3 is 10.9 Å². The van der Waals surface area contributed by atoms with E-state index in [2.05, 4.69) is 5.10 Å². The third kappa shape index (κ3) is 2.05. The van der Waals surface area contributed by atoms with Gasteiger partial charge in [-0.3, -0.25) is 14.5 Å². The van der Waals surface area contributed by atoms with Crippen molar-refractivity contribution >= 4 is 17.5 Å². The van der Waals surface area contributed by atoms with Gasteiger partial charge in [0.2, 0.25) is 5.91 Å². The lowest BCUT2D eigenvalue weighted by atomic mass is 10.1. The van der Waals surface area contributed by atoms with E-state index in [1.165, 1.54) is 6.92 Å². The first-order chi connectivity index (χ1) is 7.52. The summed E-state index contributed by atoms with van der Waals surface area (Å²) in [6, 6.07) is 0. The lowest BCUT2D eigenvalue weighted by Gasteiger charge is -2.11. The molecule has 0 saturated carbocycles. The lowest BCUT2D eigenvalue weighted by molar-refractivity contribution is -0.139. The highest BCUT2D eigenvalue weighted by atomic mass is 16.3. The van der Waals surface area contributed by atoms with Crippen LogP contribution in [0.1, 0.15) is 26.7 Å². The van der Waals surface area contributed by atoms with Crippen LogP contribution < -0.4 is 5.84 Å². The van der Waals surface area contributed by atoms with Crippen molar-refractivity contribution in [3.63, 3.8) is 0 Å². The molecule has 0 saturated heterocycles. The minimum Gasteiger partial charge on any atom is -0.509 e. The first-order valence-electron chi connectivity index (χ1n) is 5.04. The number of hydrogen-bond acceptors (Lipinski definition) is 5. The van der Waals surface area contributed by atoms with Crippen LogP contribution in [-0.4, -0.2) is 34.1 Å². The van der Waals surface area contributed by atoms with E-state index in [9.17, 15) is 14.7 Å². The second-order valence-corrected chi connectivity index (χ2v) is 3.56. The van der Waals surface area contributed by atoms with Crippen LogP contribution in [0, 0.1) is 0 Å². The summed E-state index contributed by atoms with van der Waals surface area (Å²) in [6.45, 7) is 3.09. The van der Waals surface area contributed by atoms with Gasteiger partial charge in [0.15, 0.2) is 0 Å². The molecular formula is C10H15N3O3. The molecule has 1 aliphatic heterocycles. The van der Waals surface area contributed by atoms with Gasteiger partial charge in [-0.1, -0.05) is 13.3 Å². The summed E-state index contributed by atoms with van der Waals surface area (Å²) in [4.78, 5) is 23.9. The molecule has 3 N–H and O–H groups in total. The molecule has 0 aromatic heterocycles. The number of hydrogen-bond donors (Lipinski definition) is 2. The molecule has 16 heavy (non-hydrogen) atoms. The summed E-state index contributed by atoms with van der Waals surface area (Å²) in [5, 5.41) is 13.1. The predicted octanol–water partition coefficient (Wildman–Crippen LogP) is 0.302. The van der Waals surface area contributed by atoms with Crippen molar-refractivity contribution in [2.24, 2.45) is 10.9 Å². The van der Waals surface area contributed by atoms with Crippen molar-refractivity contribution in [3.8, 4) is 0 Å². The topological polar surface area (TPSA) is 96.0 Å². The van der Waals surface area contributed by atoms with E-state index in [0.717, 1.165) is 11.3 Å². The third-order valence-corrected chi connectivity index (χ3v) is 2.37. The van der Waals surface area contributed by atoms with Crippen LogP contribution in [0.3, 0.4) is 0 Å². The van der Waals surface area contributed by atoms with E-state index >= 15 is 0 Å². The fourth-order valence-electron chi connectivity index (χ4n) is 1.59. The highest BCUT2D eigenvalue weighted by molar-refractivity contribution is 6.25. The van der Waals surface area contributed by atoms with E-state index in [4.69, 9.17) is 5.84 Å². The number of aliphatic hydroxyl groups excluding tert-OH is 1. The molecule has 6 nitrogen and oxygen atoms in total. The molecular weight excluding hydrogens is 210 g/mol. The standard InChI is InChI=1S/C10H15N3O3/c1-3-4-7(12-11)9-8(15)5-13(6(2)14)10(9)16/h15H,3-5,11H2,1-2H3/b12-7-. The van der Waals surface area contributed by atoms with Gasteiger partial charge in [-0.15, -0.1) is 0 Å². The maximum Gasteiger partial charge on any atom is 0.266 e. The van der Waals surface area contributed by atoms with Gasteiger partial charge >= 0.3 is 0 Å². The Morgan fingerprint density at radius 3 is 2.62 bits per heavy atom. The molecule has 1 heterocycles. The molecule has 0 spiro atoms. The van der Waals surface area contributed by atoms with Crippen molar-refractivity contribution in [2.45, 2.75) is 26.7 Å². The Hall–Kier alpha value is -1.85. The van der Waals surface area contributed by atoms with E-state index in [1.54, 1.807) is 0 Å². The van der Waals surface area contributed by atoms with E-state index in [0.29, 0.717) is 12.1 Å². The van der Waals surface area contributed by atoms with Gasteiger partial charge in [-0.25, -0.2) is 0 Å².